The van der Waals surface area contributed by atoms with Crippen LogP contribution in [0.1, 0.15) is 13.3 Å². The standard InChI is InChI=1S/C11H14F2N2O/c1-2-11(16)15(6-5-14)10-4-3-8(12)7-9(10)13/h3-4,7H,2,5-6,14H2,1H3. The number of nitrogens with zero attached hydrogens (tertiary/aromatic N) is 1. The highest BCUT2D eigenvalue weighted by Gasteiger charge is 2.17. The van der Waals surface area contributed by atoms with Gasteiger partial charge in [-0.05, 0) is 12.1 Å². The molecule has 3 nitrogen and oxygen atoms in total. The summed E-state index contributed by atoms with van der Waals surface area (Å²) in [5.41, 5.74) is 5.42. The lowest BCUT2D eigenvalue weighted by molar-refractivity contribution is -0.118. The topological polar surface area (TPSA) is 46.3 Å². The summed E-state index contributed by atoms with van der Waals surface area (Å²) < 4.78 is 26.2. The van der Waals surface area contributed by atoms with Crippen molar-refractivity contribution in [3.63, 3.8) is 0 Å². The number of carbonyl (C=O) groups is 1. The van der Waals surface area contributed by atoms with Crippen LogP contribution < -0.4 is 10.6 Å². The van der Waals surface area contributed by atoms with E-state index in [9.17, 15) is 13.6 Å². The van der Waals surface area contributed by atoms with E-state index < -0.39 is 11.6 Å². The minimum absolute atomic E-state index is 0.0682. The smallest absolute Gasteiger partial charge is 0.226 e. The van der Waals surface area contributed by atoms with Crippen molar-refractivity contribution in [3.8, 4) is 0 Å². The molecule has 0 fully saturated rings. The predicted octanol–water partition coefficient (Wildman–Crippen LogP) is 1.67. The summed E-state index contributed by atoms with van der Waals surface area (Å²) in [6.45, 7) is 2.12. The molecular formula is C11H14F2N2O. The van der Waals surface area contributed by atoms with E-state index in [0.717, 1.165) is 12.1 Å². The molecule has 0 saturated heterocycles. The van der Waals surface area contributed by atoms with E-state index in [1.54, 1.807) is 6.92 Å². The number of nitrogens with two attached hydrogens (primary N) is 1. The average molecular weight is 228 g/mol. The lowest BCUT2D eigenvalue weighted by atomic mass is 10.2. The van der Waals surface area contributed by atoms with Gasteiger partial charge >= 0.3 is 0 Å². The van der Waals surface area contributed by atoms with Gasteiger partial charge < -0.3 is 10.6 Å². The summed E-state index contributed by atoms with van der Waals surface area (Å²) in [6.07, 6.45) is 0.247. The van der Waals surface area contributed by atoms with Crippen LogP contribution >= 0.6 is 0 Å². The van der Waals surface area contributed by atoms with Crippen LogP contribution in [0, 0.1) is 11.6 Å². The molecule has 1 amide bonds. The molecule has 0 aliphatic heterocycles. The highest BCUT2D eigenvalue weighted by molar-refractivity contribution is 5.93. The maximum atomic E-state index is 13.4. The minimum Gasteiger partial charge on any atom is -0.329 e. The molecule has 16 heavy (non-hydrogen) atoms. The average Bonchev–Trinajstić information content (AvgIpc) is 2.26. The van der Waals surface area contributed by atoms with Crippen molar-refractivity contribution in [1.82, 2.24) is 0 Å². The Morgan fingerprint density at radius 1 is 1.44 bits per heavy atom. The molecule has 0 aliphatic rings. The van der Waals surface area contributed by atoms with E-state index in [1.807, 2.05) is 0 Å². The van der Waals surface area contributed by atoms with E-state index in [-0.39, 0.29) is 31.1 Å². The van der Waals surface area contributed by atoms with E-state index in [1.165, 1.54) is 11.0 Å². The number of benzene rings is 1. The third-order valence-corrected chi connectivity index (χ3v) is 2.16. The first-order valence-corrected chi connectivity index (χ1v) is 5.05. The Labute approximate surface area is 92.8 Å². The van der Waals surface area contributed by atoms with Crippen LogP contribution in [0.3, 0.4) is 0 Å². The predicted molar refractivity (Wildman–Crippen MR) is 58.1 cm³/mol. The highest BCUT2D eigenvalue weighted by atomic mass is 19.1. The molecular weight excluding hydrogens is 214 g/mol. The van der Waals surface area contributed by atoms with E-state index >= 15 is 0 Å². The zero-order valence-corrected chi connectivity index (χ0v) is 9.04. The molecule has 1 aromatic carbocycles. The molecule has 0 bridgehead atoms. The Hall–Kier alpha value is -1.49. The van der Waals surface area contributed by atoms with E-state index in [0.29, 0.717) is 0 Å². The zero-order chi connectivity index (χ0) is 12.1. The first-order valence-electron chi connectivity index (χ1n) is 5.05. The lowest BCUT2D eigenvalue weighted by Gasteiger charge is -2.22. The fraction of sp³-hybridized carbons (Fsp3) is 0.364. The highest BCUT2D eigenvalue weighted by Crippen LogP contribution is 2.20. The van der Waals surface area contributed by atoms with Crippen LogP contribution in [0.4, 0.5) is 14.5 Å². The molecule has 0 atom stereocenters. The van der Waals surface area contributed by atoms with Crippen molar-refractivity contribution < 1.29 is 13.6 Å². The van der Waals surface area contributed by atoms with Crippen LogP contribution in [0.2, 0.25) is 0 Å². The molecule has 5 heteroatoms. The first-order chi connectivity index (χ1) is 7.60. The van der Waals surface area contributed by atoms with Crippen LogP contribution in [0.15, 0.2) is 18.2 Å². The molecule has 88 valence electrons. The molecule has 0 aromatic heterocycles. The second-order valence-electron chi connectivity index (χ2n) is 3.28. The molecule has 0 saturated carbocycles. The van der Waals surface area contributed by atoms with Crippen LogP contribution in [0.5, 0.6) is 0 Å². The van der Waals surface area contributed by atoms with Crippen molar-refractivity contribution in [2.24, 2.45) is 5.73 Å². The largest absolute Gasteiger partial charge is 0.329 e. The molecule has 0 unspecified atom stereocenters. The van der Waals surface area contributed by atoms with Gasteiger partial charge in [0.1, 0.15) is 11.6 Å². The number of halogens is 2. The van der Waals surface area contributed by atoms with E-state index in [4.69, 9.17) is 5.73 Å². The summed E-state index contributed by atoms with van der Waals surface area (Å²) in [5, 5.41) is 0. The van der Waals surface area contributed by atoms with Crippen molar-refractivity contribution in [2.75, 3.05) is 18.0 Å². The van der Waals surface area contributed by atoms with Gasteiger partial charge in [0.05, 0.1) is 5.69 Å². The zero-order valence-electron chi connectivity index (χ0n) is 9.04. The van der Waals surface area contributed by atoms with Gasteiger partial charge in [0.15, 0.2) is 0 Å². The van der Waals surface area contributed by atoms with Crippen molar-refractivity contribution in [3.05, 3.63) is 29.8 Å². The number of carbonyl (C=O) groups excluding carboxylic acids is 1. The maximum Gasteiger partial charge on any atom is 0.226 e. The SMILES string of the molecule is CCC(=O)N(CCN)c1ccc(F)cc1F. The van der Waals surface area contributed by atoms with Gasteiger partial charge in [-0.25, -0.2) is 8.78 Å². The third-order valence-electron chi connectivity index (χ3n) is 2.16. The Morgan fingerprint density at radius 3 is 2.62 bits per heavy atom. The van der Waals surface area contributed by atoms with E-state index in [2.05, 4.69) is 0 Å². The number of hydrogen-bond donors (Lipinski definition) is 1. The monoisotopic (exact) mass is 228 g/mol. The minimum atomic E-state index is -0.754. The van der Waals surface area contributed by atoms with Gasteiger partial charge in [-0.2, -0.15) is 0 Å². The molecule has 0 spiro atoms. The summed E-state index contributed by atoms with van der Waals surface area (Å²) in [5.74, 6) is -1.66. The summed E-state index contributed by atoms with van der Waals surface area (Å²) in [6, 6.07) is 3.11. The second kappa shape index (κ2) is 5.55. The molecule has 0 radical (unpaired) electrons. The quantitative estimate of drug-likeness (QED) is 0.852. The first kappa shape index (κ1) is 12.6. The molecule has 1 rings (SSSR count). The van der Waals surface area contributed by atoms with Gasteiger partial charge in [-0.3, -0.25) is 4.79 Å². The number of anilines is 1. The summed E-state index contributed by atoms with van der Waals surface area (Å²) >= 11 is 0. The van der Waals surface area contributed by atoms with Gasteiger partial charge in [0.25, 0.3) is 0 Å². The Kier molecular flexibility index (Phi) is 4.37. The van der Waals surface area contributed by atoms with Gasteiger partial charge in [0.2, 0.25) is 5.91 Å². The molecule has 0 aliphatic carbocycles. The van der Waals surface area contributed by atoms with Crippen molar-refractivity contribution in [1.29, 1.82) is 0 Å². The second-order valence-corrected chi connectivity index (χ2v) is 3.28. The van der Waals surface area contributed by atoms with Gasteiger partial charge in [-0.15, -0.1) is 0 Å². The maximum absolute atomic E-state index is 13.4. The molecule has 0 heterocycles. The van der Waals surface area contributed by atoms with Gasteiger partial charge in [0, 0.05) is 25.6 Å². The van der Waals surface area contributed by atoms with Gasteiger partial charge in [-0.1, -0.05) is 6.92 Å². The fourth-order valence-electron chi connectivity index (χ4n) is 1.40. The Morgan fingerprint density at radius 2 is 2.12 bits per heavy atom. The summed E-state index contributed by atoms with van der Waals surface area (Å²) in [4.78, 5) is 12.8. The Bertz CT molecular complexity index is 382. The number of hydrogen-bond acceptors (Lipinski definition) is 2. The molecule has 1 aromatic rings. The third kappa shape index (κ3) is 2.76. The van der Waals surface area contributed by atoms with Crippen molar-refractivity contribution >= 4 is 11.6 Å². The van der Waals surface area contributed by atoms with Crippen LogP contribution in [-0.2, 0) is 4.79 Å². The fourth-order valence-corrected chi connectivity index (χ4v) is 1.40. The van der Waals surface area contributed by atoms with Crippen LogP contribution in [0.25, 0.3) is 0 Å². The number of rotatable bonds is 4. The normalized spacial score (nSPS) is 10.2. The lowest BCUT2D eigenvalue weighted by Crippen LogP contribution is -2.35. The van der Waals surface area contributed by atoms with Crippen LogP contribution in [-0.4, -0.2) is 19.0 Å². The molecule has 2 N–H and O–H groups in total. The summed E-state index contributed by atoms with van der Waals surface area (Å²) in [7, 11) is 0. The Balaban J connectivity index is 3.05. The van der Waals surface area contributed by atoms with Crippen molar-refractivity contribution in [2.45, 2.75) is 13.3 Å². The number of amides is 1.